The van der Waals surface area contributed by atoms with Crippen LogP contribution in [-0.2, 0) is 21.5 Å². The molecule has 2 rings (SSSR count). The summed E-state index contributed by atoms with van der Waals surface area (Å²) >= 11 is 0. The number of azo groups is 1. The van der Waals surface area contributed by atoms with Crippen molar-refractivity contribution in [3.63, 3.8) is 0 Å². The first-order valence-electron chi connectivity index (χ1n) is 6.48. The van der Waals surface area contributed by atoms with Gasteiger partial charge in [-0.1, -0.05) is 0 Å². The molecule has 124 valence electrons. The molecular formula is C14H19N4O4S+. The van der Waals surface area contributed by atoms with Crippen molar-refractivity contribution in [1.29, 1.82) is 0 Å². The van der Waals surface area contributed by atoms with E-state index in [1.165, 1.54) is 0 Å². The topological polar surface area (TPSA) is 118 Å². The van der Waals surface area contributed by atoms with E-state index in [9.17, 15) is 8.42 Å². The SMILES string of the molecule is CS(=O)(=O)OO.Cc1ccc[n+](C)c1N=Nc1ccc(N)cc1. The average molecular weight is 339 g/mol. The Morgan fingerprint density at radius 2 is 1.74 bits per heavy atom. The lowest BCUT2D eigenvalue weighted by molar-refractivity contribution is -0.658. The van der Waals surface area contributed by atoms with Gasteiger partial charge < -0.3 is 5.73 Å². The monoisotopic (exact) mass is 339 g/mol. The Bertz CT molecular complexity index is 754. The molecular weight excluding hydrogens is 320 g/mol. The summed E-state index contributed by atoms with van der Waals surface area (Å²) < 4.78 is 23.9. The number of benzene rings is 1. The number of rotatable bonds is 3. The minimum absolute atomic E-state index is 0.727. The number of hydrogen-bond donors (Lipinski definition) is 2. The van der Waals surface area contributed by atoms with Crippen LogP contribution < -0.4 is 10.3 Å². The molecule has 9 heteroatoms. The highest BCUT2D eigenvalue weighted by molar-refractivity contribution is 7.85. The number of nitrogens with two attached hydrogens (primary N) is 1. The Morgan fingerprint density at radius 3 is 2.22 bits per heavy atom. The summed E-state index contributed by atoms with van der Waals surface area (Å²) in [6, 6.07) is 11.3. The third kappa shape index (κ3) is 6.96. The van der Waals surface area contributed by atoms with Gasteiger partial charge in [-0.3, -0.25) is 0 Å². The number of hydrogen-bond acceptors (Lipinski definition) is 7. The first-order chi connectivity index (χ1) is 10.7. The van der Waals surface area contributed by atoms with E-state index in [1.807, 2.05) is 61.1 Å². The van der Waals surface area contributed by atoms with Crippen LogP contribution in [0.5, 0.6) is 0 Å². The van der Waals surface area contributed by atoms with E-state index in [1.54, 1.807) is 0 Å². The lowest BCUT2D eigenvalue weighted by atomic mass is 10.3. The lowest BCUT2D eigenvalue weighted by Gasteiger charge is -1.95. The molecule has 0 bridgehead atoms. The van der Waals surface area contributed by atoms with E-state index in [0.717, 1.165) is 29.0 Å². The Hall–Kier alpha value is -2.36. The van der Waals surface area contributed by atoms with Gasteiger partial charge in [0.25, 0.3) is 10.1 Å². The summed E-state index contributed by atoms with van der Waals surface area (Å²) in [6.07, 6.45) is 2.69. The van der Waals surface area contributed by atoms with Crippen molar-refractivity contribution in [1.82, 2.24) is 0 Å². The third-order valence-corrected chi connectivity index (χ3v) is 2.90. The number of anilines is 1. The van der Waals surface area contributed by atoms with Gasteiger partial charge in [-0.05, 0) is 48.4 Å². The predicted octanol–water partition coefficient (Wildman–Crippen LogP) is 2.25. The number of pyridine rings is 1. The average Bonchev–Trinajstić information content (AvgIpc) is 2.48. The normalized spacial score (nSPS) is 11.1. The Morgan fingerprint density at radius 1 is 1.17 bits per heavy atom. The van der Waals surface area contributed by atoms with Crippen molar-refractivity contribution in [2.45, 2.75) is 6.92 Å². The molecule has 0 radical (unpaired) electrons. The minimum atomic E-state index is -3.61. The first-order valence-corrected chi connectivity index (χ1v) is 8.30. The van der Waals surface area contributed by atoms with Gasteiger partial charge in [-0.15, -0.1) is 4.33 Å². The molecule has 23 heavy (non-hydrogen) atoms. The lowest BCUT2D eigenvalue weighted by Crippen LogP contribution is -2.27. The van der Waals surface area contributed by atoms with Gasteiger partial charge in [0.15, 0.2) is 0 Å². The molecule has 1 aromatic carbocycles. The third-order valence-electron chi connectivity index (χ3n) is 2.63. The summed E-state index contributed by atoms with van der Waals surface area (Å²) in [6.45, 7) is 2.01. The highest BCUT2D eigenvalue weighted by atomic mass is 32.2. The molecule has 1 aromatic heterocycles. The maximum absolute atomic E-state index is 9.53. The molecule has 0 aliphatic carbocycles. The molecule has 1 heterocycles. The van der Waals surface area contributed by atoms with Gasteiger partial charge in [0.2, 0.25) is 0 Å². The van der Waals surface area contributed by atoms with Gasteiger partial charge in [0.05, 0.1) is 24.6 Å². The van der Waals surface area contributed by atoms with Gasteiger partial charge in [-0.25, -0.2) is 9.82 Å². The van der Waals surface area contributed by atoms with Crippen molar-refractivity contribution >= 4 is 27.3 Å². The summed E-state index contributed by atoms with van der Waals surface area (Å²) in [5.41, 5.74) is 8.22. The fourth-order valence-electron chi connectivity index (χ4n) is 1.54. The maximum Gasteiger partial charge on any atom is 0.353 e. The molecule has 2 aromatic rings. The molecule has 0 aliphatic heterocycles. The van der Waals surface area contributed by atoms with Crippen molar-refractivity contribution in [3.05, 3.63) is 48.2 Å². The fourth-order valence-corrected chi connectivity index (χ4v) is 1.54. The fraction of sp³-hybridized carbons (Fsp3) is 0.214. The molecule has 0 amide bonds. The second-order valence-electron chi connectivity index (χ2n) is 4.70. The highest BCUT2D eigenvalue weighted by Crippen LogP contribution is 2.18. The molecule has 3 N–H and O–H groups in total. The number of nitrogen functional groups attached to an aromatic ring is 1. The first kappa shape index (κ1) is 18.7. The standard InChI is InChI=1S/C13H14N4.CH4O4S/c1-10-4-3-9-17(2)13(10)16-15-12-7-5-11(14)6-8-12;1-6(3,4)5-2/h3-9,14H,1-2H3;2H,1H3/p+1. The van der Waals surface area contributed by atoms with Gasteiger partial charge in [-0.2, -0.15) is 8.42 Å². The van der Waals surface area contributed by atoms with Crippen LogP contribution in [-0.4, -0.2) is 19.9 Å². The quantitative estimate of drug-likeness (QED) is 0.292. The molecule has 0 saturated heterocycles. The second kappa shape index (κ2) is 8.32. The maximum atomic E-state index is 9.53. The molecule has 0 aliphatic rings. The van der Waals surface area contributed by atoms with Gasteiger partial charge in [0.1, 0.15) is 5.69 Å². The van der Waals surface area contributed by atoms with Gasteiger partial charge >= 0.3 is 5.82 Å². The second-order valence-corrected chi connectivity index (χ2v) is 6.25. The molecule has 0 unspecified atom stereocenters. The Labute approximate surface area is 134 Å². The molecule has 0 atom stereocenters. The highest BCUT2D eigenvalue weighted by Gasteiger charge is 2.09. The number of nitrogens with zero attached hydrogens (tertiary/aromatic N) is 3. The zero-order chi connectivity index (χ0) is 17.5. The van der Waals surface area contributed by atoms with E-state index >= 15 is 0 Å². The zero-order valence-corrected chi connectivity index (χ0v) is 13.9. The van der Waals surface area contributed by atoms with Gasteiger partial charge in [0, 0.05) is 11.3 Å². The largest absolute Gasteiger partial charge is 0.399 e. The van der Waals surface area contributed by atoms with Crippen LogP contribution in [0, 0.1) is 6.92 Å². The van der Waals surface area contributed by atoms with Crippen molar-refractivity contribution in [3.8, 4) is 0 Å². The molecule has 0 fully saturated rings. The Kier molecular flexibility index (Phi) is 6.76. The summed E-state index contributed by atoms with van der Waals surface area (Å²) in [5, 5.41) is 15.8. The van der Waals surface area contributed by atoms with Crippen molar-refractivity contribution in [2.75, 3.05) is 12.0 Å². The van der Waals surface area contributed by atoms with E-state index in [4.69, 9.17) is 11.0 Å². The van der Waals surface area contributed by atoms with E-state index in [2.05, 4.69) is 14.6 Å². The number of aryl methyl sites for hydroxylation is 2. The minimum Gasteiger partial charge on any atom is -0.399 e. The van der Waals surface area contributed by atoms with E-state index in [-0.39, 0.29) is 0 Å². The molecule has 0 saturated carbocycles. The summed E-state index contributed by atoms with van der Waals surface area (Å²) in [5.74, 6) is 0.851. The predicted molar refractivity (Wildman–Crippen MR) is 85.9 cm³/mol. The van der Waals surface area contributed by atoms with Crippen LogP contribution >= 0.6 is 0 Å². The van der Waals surface area contributed by atoms with E-state index in [0.29, 0.717) is 0 Å². The zero-order valence-electron chi connectivity index (χ0n) is 13.0. The van der Waals surface area contributed by atoms with Crippen molar-refractivity contribution in [2.24, 2.45) is 17.3 Å². The van der Waals surface area contributed by atoms with Crippen LogP contribution in [0.15, 0.2) is 52.8 Å². The van der Waals surface area contributed by atoms with Crippen LogP contribution in [0.1, 0.15) is 5.56 Å². The summed E-state index contributed by atoms with van der Waals surface area (Å²) in [4.78, 5) is 0. The van der Waals surface area contributed by atoms with Crippen LogP contribution in [0.3, 0.4) is 0 Å². The van der Waals surface area contributed by atoms with Crippen molar-refractivity contribution < 1.29 is 22.6 Å². The molecule has 8 nitrogen and oxygen atoms in total. The smallest absolute Gasteiger partial charge is 0.353 e. The van der Waals surface area contributed by atoms with Crippen LogP contribution in [0.25, 0.3) is 0 Å². The number of aromatic nitrogens is 1. The Balaban J connectivity index is 0.000000379. The van der Waals surface area contributed by atoms with Crippen LogP contribution in [0.2, 0.25) is 0 Å². The summed E-state index contributed by atoms with van der Waals surface area (Å²) in [7, 11) is -1.66. The molecule has 0 spiro atoms. The van der Waals surface area contributed by atoms with E-state index < -0.39 is 10.1 Å². The van der Waals surface area contributed by atoms with Crippen LogP contribution in [0.4, 0.5) is 17.2 Å².